The summed E-state index contributed by atoms with van der Waals surface area (Å²) in [6.07, 6.45) is 2.14. The van der Waals surface area contributed by atoms with Crippen molar-refractivity contribution in [3.63, 3.8) is 0 Å². The number of amides is 6. The molecule has 1 heterocycles. The second kappa shape index (κ2) is 13.4. The van der Waals surface area contributed by atoms with Gasteiger partial charge in [0.15, 0.2) is 0 Å². The molecule has 2 aliphatic carbocycles. The first-order valence-electron chi connectivity index (χ1n) is 17.4. The normalized spacial score (nSPS) is 23.3. The summed E-state index contributed by atoms with van der Waals surface area (Å²) in [6, 6.07) is 4.90. The van der Waals surface area contributed by atoms with Crippen LogP contribution in [0.25, 0.3) is 0 Å². The lowest BCUT2D eigenvalue weighted by molar-refractivity contribution is -0.145. The first-order valence-corrected chi connectivity index (χ1v) is 17.4. The second-order valence-corrected chi connectivity index (χ2v) is 17.6. The van der Waals surface area contributed by atoms with Gasteiger partial charge in [-0.25, -0.2) is 4.79 Å². The predicted octanol–water partition coefficient (Wildman–Crippen LogP) is 2.99. The van der Waals surface area contributed by atoms with Crippen molar-refractivity contribution in [2.75, 3.05) is 6.54 Å². The smallest absolute Gasteiger partial charge is 0.316 e. The molecule has 1 aliphatic heterocycles. The maximum Gasteiger partial charge on any atom is 0.316 e. The molecule has 0 bridgehead atoms. The summed E-state index contributed by atoms with van der Waals surface area (Å²) in [5.74, 6) is -3.14. The third-order valence-corrected chi connectivity index (χ3v) is 10.6. The van der Waals surface area contributed by atoms with E-state index >= 15 is 0 Å². The molecule has 6 amide bonds. The molecule has 4 rings (SSSR count). The Morgan fingerprint density at radius 3 is 1.92 bits per heavy atom. The van der Waals surface area contributed by atoms with Crippen LogP contribution in [-0.4, -0.2) is 71.1 Å². The second-order valence-electron chi connectivity index (χ2n) is 17.6. The lowest BCUT2D eigenvalue weighted by atomic mass is 9.84. The van der Waals surface area contributed by atoms with Crippen molar-refractivity contribution < 1.29 is 28.8 Å². The largest absolute Gasteiger partial charge is 0.363 e. The molecule has 6 N–H and O–H groups in total. The number of carbonyl (C=O) groups excluding carboxylic acids is 6. The highest BCUT2D eigenvalue weighted by Gasteiger charge is 2.70. The van der Waals surface area contributed by atoms with E-state index in [1.54, 1.807) is 0 Å². The summed E-state index contributed by atoms with van der Waals surface area (Å²) in [5, 5.41) is 11.5. The number of likely N-dealkylation sites (tertiary alicyclic amines) is 1. The number of piperidine rings is 1. The Bertz CT molecular complexity index is 1470. The van der Waals surface area contributed by atoms with Gasteiger partial charge in [0.2, 0.25) is 23.5 Å². The fourth-order valence-corrected chi connectivity index (χ4v) is 7.26. The van der Waals surface area contributed by atoms with Crippen molar-refractivity contribution in [3.05, 3.63) is 35.9 Å². The Morgan fingerprint density at radius 1 is 0.857 bits per heavy atom. The third kappa shape index (κ3) is 8.44. The maximum atomic E-state index is 14.4. The Balaban J connectivity index is 1.52. The third-order valence-electron chi connectivity index (χ3n) is 10.6. The molecule has 1 aromatic carbocycles. The Hall–Kier alpha value is -3.96. The lowest BCUT2D eigenvalue weighted by Crippen LogP contribution is -2.63. The van der Waals surface area contributed by atoms with Crippen molar-refractivity contribution >= 4 is 35.4 Å². The van der Waals surface area contributed by atoms with Gasteiger partial charge in [-0.3, -0.25) is 24.0 Å². The summed E-state index contributed by atoms with van der Waals surface area (Å²) in [5.41, 5.74) is 3.83. The Morgan fingerprint density at radius 2 is 1.41 bits per heavy atom. The zero-order chi connectivity index (χ0) is 36.9. The number of rotatable bonds is 12. The van der Waals surface area contributed by atoms with Crippen molar-refractivity contribution in [1.82, 2.24) is 26.2 Å². The molecular weight excluding hydrogens is 624 g/mol. The molecule has 1 saturated heterocycles. The van der Waals surface area contributed by atoms with Crippen LogP contribution < -0.4 is 27.0 Å². The van der Waals surface area contributed by atoms with Crippen LogP contribution in [0.3, 0.4) is 0 Å². The number of nitrogens with two attached hydrogens (primary N) is 1. The van der Waals surface area contributed by atoms with Crippen LogP contribution in [-0.2, 0) is 29.5 Å². The summed E-state index contributed by atoms with van der Waals surface area (Å²) < 4.78 is 0. The molecule has 1 unspecified atom stereocenters. The average molecular weight is 681 g/mol. The number of urea groups is 1. The first kappa shape index (κ1) is 37.9. The molecule has 3 aliphatic rings. The van der Waals surface area contributed by atoms with Crippen molar-refractivity contribution in [3.8, 4) is 0 Å². The van der Waals surface area contributed by atoms with E-state index in [9.17, 15) is 28.8 Å². The zero-order valence-corrected chi connectivity index (χ0v) is 30.7. The van der Waals surface area contributed by atoms with E-state index in [0.717, 1.165) is 18.4 Å². The molecule has 12 nitrogen and oxygen atoms in total. The molecule has 6 atom stereocenters. The predicted molar refractivity (Wildman–Crippen MR) is 185 cm³/mol. The van der Waals surface area contributed by atoms with Crippen LogP contribution in [0.1, 0.15) is 94.1 Å². The monoisotopic (exact) mass is 680 g/mol. The Labute approximate surface area is 290 Å². The molecule has 0 spiro atoms. The number of nitrogens with zero attached hydrogens (tertiary/aromatic N) is 1. The number of benzene rings is 1. The number of hydrogen-bond donors (Lipinski definition) is 5. The zero-order valence-electron chi connectivity index (χ0n) is 30.7. The SMILES string of the molecule is CC(C)(NC(=O)[C@@H](NC(=O)N[C@H](C(=O)N1C[C@H]2[C@@H]([C@H]1C(=O)NC(CC1CC1)C(=O)C(N)=O)C2(C)C)C(C)(C)C)C(C)(C)C)c1ccccc1. The van der Waals surface area contributed by atoms with Crippen LogP contribution >= 0.6 is 0 Å². The van der Waals surface area contributed by atoms with Gasteiger partial charge in [-0.1, -0.05) is 98.6 Å². The van der Waals surface area contributed by atoms with Crippen LogP contribution in [0.15, 0.2) is 30.3 Å². The van der Waals surface area contributed by atoms with E-state index in [2.05, 4.69) is 21.3 Å². The highest BCUT2D eigenvalue weighted by molar-refractivity contribution is 6.37. The molecule has 0 radical (unpaired) electrons. The van der Waals surface area contributed by atoms with Gasteiger partial charge >= 0.3 is 6.03 Å². The number of Topliss-reactive ketones (excluding diaryl/α,β-unsaturated/α-hetero) is 1. The van der Waals surface area contributed by atoms with Gasteiger partial charge in [0, 0.05) is 6.54 Å². The van der Waals surface area contributed by atoms with E-state index in [1.807, 2.05) is 99.6 Å². The molecule has 12 heteroatoms. The molecular formula is C37H56N6O6. The molecule has 1 aromatic rings. The highest BCUT2D eigenvalue weighted by atomic mass is 16.2. The minimum Gasteiger partial charge on any atom is -0.363 e. The number of ketones is 1. The van der Waals surface area contributed by atoms with Crippen LogP contribution in [0.5, 0.6) is 0 Å². The van der Waals surface area contributed by atoms with Crippen molar-refractivity contribution in [1.29, 1.82) is 0 Å². The number of primary amides is 1. The number of hydrogen-bond acceptors (Lipinski definition) is 6. The fraction of sp³-hybridized carbons (Fsp3) is 0.676. The van der Waals surface area contributed by atoms with Gasteiger partial charge in [-0.2, -0.15) is 0 Å². The number of nitrogens with one attached hydrogen (secondary N) is 4. The summed E-state index contributed by atoms with van der Waals surface area (Å²) in [6.45, 7) is 19.2. The Kier molecular flexibility index (Phi) is 10.3. The van der Waals surface area contributed by atoms with Crippen LogP contribution in [0, 0.1) is 34.0 Å². The number of carbonyl (C=O) groups is 6. The van der Waals surface area contributed by atoms with E-state index in [1.165, 1.54) is 4.90 Å². The topological polar surface area (TPSA) is 180 Å². The van der Waals surface area contributed by atoms with E-state index in [0.29, 0.717) is 13.0 Å². The standard InChI is InChI=1S/C37H56N6O6/c1-34(2,3)27(31(47)42-37(9,10)21-14-12-11-13-15-21)40-33(49)41-28(35(4,5)6)32(48)43-19-22-24(36(22,7)8)25(43)30(46)39-23(18-20-16-17-20)26(44)29(38)45/h11-15,20,22-25,27-28H,16-19H2,1-10H3,(H2,38,45)(H,39,46)(H,42,47)(H2,40,41,49)/t22-,23?,24-,25-,27+,28+/m0/s1. The van der Waals surface area contributed by atoms with Gasteiger partial charge in [-0.15, -0.1) is 0 Å². The lowest BCUT2D eigenvalue weighted by Gasteiger charge is -2.39. The summed E-state index contributed by atoms with van der Waals surface area (Å²) >= 11 is 0. The quantitative estimate of drug-likeness (QED) is 0.212. The fourth-order valence-electron chi connectivity index (χ4n) is 7.26. The van der Waals surface area contributed by atoms with Gasteiger partial charge in [0.05, 0.1) is 11.6 Å². The maximum absolute atomic E-state index is 14.4. The van der Waals surface area contributed by atoms with Crippen LogP contribution in [0.2, 0.25) is 0 Å². The van der Waals surface area contributed by atoms with E-state index in [4.69, 9.17) is 5.73 Å². The van der Waals surface area contributed by atoms with E-state index < -0.39 is 70.1 Å². The molecule has 2 saturated carbocycles. The summed E-state index contributed by atoms with van der Waals surface area (Å²) in [4.78, 5) is 81.6. The highest BCUT2D eigenvalue weighted by Crippen LogP contribution is 2.65. The first-order chi connectivity index (χ1) is 22.5. The number of fused-ring (bicyclic) bond motifs is 1. The van der Waals surface area contributed by atoms with Gasteiger partial charge < -0.3 is 31.9 Å². The van der Waals surface area contributed by atoms with Crippen LogP contribution in [0.4, 0.5) is 4.79 Å². The van der Waals surface area contributed by atoms with Gasteiger partial charge in [0.1, 0.15) is 18.1 Å². The molecule has 0 aromatic heterocycles. The molecule has 3 fully saturated rings. The molecule has 270 valence electrons. The van der Waals surface area contributed by atoms with E-state index in [-0.39, 0.29) is 29.1 Å². The van der Waals surface area contributed by atoms with Gasteiger partial charge in [-0.05, 0) is 59.8 Å². The van der Waals surface area contributed by atoms with Crippen molar-refractivity contribution in [2.24, 2.45) is 39.7 Å². The molecule has 49 heavy (non-hydrogen) atoms. The van der Waals surface area contributed by atoms with Crippen molar-refractivity contribution in [2.45, 2.75) is 118 Å². The average Bonchev–Trinajstić information content (AvgIpc) is 3.84. The minimum atomic E-state index is -1.11. The van der Waals surface area contributed by atoms with Gasteiger partial charge in [0.25, 0.3) is 5.91 Å². The summed E-state index contributed by atoms with van der Waals surface area (Å²) in [7, 11) is 0. The minimum absolute atomic E-state index is 0.0531.